The Balaban J connectivity index is 3.08. The summed E-state index contributed by atoms with van der Waals surface area (Å²) in [6, 6.07) is 0. The van der Waals surface area contributed by atoms with Crippen LogP contribution in [0.4, 0.5) is 0 Å². The monoisotopic (exact) mass is 257 g/mol. The predicted octanol–water partition coefficient (Wildman–Crippen LogP) is -1.85. The van der Waals surface area contributed by atoms with Crippen molar-refractivity contribution in [2.45, 2.75) is 5.03 Å². The third kappa shape index (κ3) is 1.67. The Bertz CT molecular complexity index is 771. The average molecular weight is 257 g/mol. The van der Waals surface area contributed by atoms with Gasteiger partial charge in [-0.1, -0.05) is 5.21 Å². The lowest BCUT2D eigenvalue weighted by Crippen LogP contribution is -2.18. The number of aromatic nitrogens is 4. The summed E-state index contributed by atoms with van der Waals surface area (Å²) >= 11 is 0. The Morgan fingerprint density at radius 3 is 2.59 bits per heavy atom. The molecule has 0 fully saturated rings. The number of nitrogens with one attached hydrogen (secondary N) is 2. The number of nitrogens with zero attached hydrogens (tertiary/aromatic N) is 2. The van der Waals surface area contributed by atoms with E-state index in [4.69, 9.17) is 5.73 Å². The van der Waals surface area contributed by atoms with Crippen molar-refractivity contribution in [1.82, 2.24) is 20.4 Å². The van der Waals surface area contributed by atoms with Crippen molar-refractivity contribution in [3.8, 4) is 0 Å². The maximum atomic E-state index is 11.5. The van der Waals surface area contributed by atoms with E-state index in [0.717, 1.165) is 6.26 Å². The first-order valence-electron chi connectivity index (χ1n) is 4.29. The predicted molar refractivity (Wildman–Crippen MR) is 56.1 cm³/mol. The van der Waals surface area contributed by atoms with Gasteiger partial charge in [0.05, 0.1) is 5.56 Å². The second-order valence-corrected chi connectivity index (χ2v) is 5.28. The molecule has 0 aliphatic carbocycles. The SMILES string of the molecule is CS(=O)(=O)c1[nH]c2nn[nH]c(=O)c2c1C(N)=O. The van der Waals surface area contributed by atoms with Crippen molar-refractivity contribution in [3.63, 3.8) is 0 Å². The van der Waals surface area contributed by atoms with Crippen LogP contribution in [0, 0.1) is 0 Å². The Kier molecular flexibility index (Phi) is 2.24. The summed E-state index contributed by atoms with van der Waals surface area (Å²) in [6.07, 6.45) is 0.881. The summed E-state index contributed by atoms with van der Waals surface area (Å²) < 4.78 is 22.9. The van der Waals surface area contributed by atoms with Crippen LogP contribution in [0.15, 0.2) is 9.82 Å². The molecule has 2 heterocycles. The second kappa shape index (κ2) is 3.38. The molecule has 0 saturated heterocycles. The van der Waals surface area contributed by atoms with Gasteiger partial charge in [0.1, 0.15) is 10.4 Å². The van der Waals surface area contributed by atoms with Crippen LogP contribution in [0.3, 0.4) is 0 Å². The van der Waals surface area contributed by atoms with Crippen LogP contribution < -0.4 is 11.3 Å². The first-order valence-corrected chi connectivity index (χ1v) is 6.18. The van der Waals surface area contributed by atoms with Crippen molar-refractivity contribution in [2.75, 3.05) is 6.26 Å². The summed E-state index contributed by atoms with van der Waals surface area (Å²) in [5, 5.41) is 8.07. The van der Waals surface area contributed by atoms with E-state index in [2.05, 4.69) is 15.3 Å². The number of hydrogen-bond acceptors (Lipinski definition) is 6. The number of nitrogens with two attached hydrogens (primary N) is 1. The van der Waals surface area contributed by atoms with Crippen molar-refractivity contribution in [2.24, 2.45) is 5.73 Å². The van der Waals surface area contributed by atoms with Gasteiger partial charge < -0.3 is 10.7 Å². The lowest BCUT2D eigenvalue weighted by atomic mass is 10.2. The minimum absolute atomic E-state index is 0.108. The number of carbonyl (C=O) groups is 1. The minimum atomic E-state index is -3.73. The molecule has 0 spiro atoms. The molecule has 0 aromatic carbocycles. The van der Waals surface area contributed by atoms with E-state index < -0.39 is 31.9 Å². The lowest BCUT2D eigenvalue weighted by Gasteiger charge is -1.96. The molecule has 1 amide bonds. The normalized spacial score (nSPS) is 11.8. The molecule has 0 unspecified atom stereocenters. The Morgan fingerprint density at radius 1 is 1.41 bits per heavy atom. The summed E-state index contributed by atoms with van der Waals surface area (Å²) in [5.74, 6) is -1.03. The standard InChI is InChI=1S/C7H7N5O4S/c1-17(15,16)7-2(4(8)13)3-5(9-7)10-12-11-6(3)14/h1H3,(H2,8,13)(H2,9,10,11,14). The van der Waals surface area contributed by atoms with Gasteiger partial charge in [-0.2, -0.15) is 0 Å². The molecular formula is C7H7N5O4S. The van der Waals surface area contributed by atoms with E-state index in [1.165, 1.54) is 0 Å². The number of fused-ring (bicyclic) bond motifs is 1. The first-order chi connectivity index (χ1) is 7.82. The summed E-state index contributed by atoms with van der Waals surface area (Å²) in [6.45, 7) is 0. The fraction of sp³-hybridized carbons (Fsp3) is 0.143. The van der Waals surface area contributed by atoms with Gasteiger partial charge in [0.2, 0.25) is 0 Å². The number of carbonyl (C=O) groups excluding carboxylic acids is 1. The van der Waals surface area contributed by atoms with Gasteiger partial charge in [-0.25, -0.2) is 13.5 Å². The first kappa shape index (κ1) is 11.3. The van der Waals surface area contributed by atoms with Gasteiger partial charge in [-0.3, -0.25) is 9.59 Å². The number of rotatable bonds is 2. The molecule has 90 valence electrons. The number of aromatic amines is 2. The molecule has 0 aliphatic rings. The molecule has 2 aromatic heterocycles. The molecule has 2 aromatic rings. The molecule has 17 heavy (non-hydrogen) atoms. The van der Waals surface area contributed by atoms with Crippen LogP contribution >= 0.6 is 0 Å². The smallest absolute Gasteiger partial charge is 0.277 e. The van der Waals surface area contributed by atoms with Gasteiger partial charge >= 0.3 is 0 Å². The van der Waals surface area contributed by atoms with Gasteiger partial charge in [-0.05, 0) is 0 Å². The van der Waals surface area contributed by atoms with E-state index in [9.17, 15) is 18.0 Å². The topological polar surface area (TPSA) is 152 Å². The van der Waals surface area contributed by atoms with Gasteiger partial charge in [-0.15, -0.1) is 5.10 Å². The zero-order valence-electron chi connectivity index (χ0n) is 8.51. The zero-order chi connectivity index (χ0) is 12.8. The molecule has 2 rings (SSSR count). The second-order valence-electron chi connectivity index (χ2n) is 3.33. The average Bonchev–Trinajstić information content (AvgIpc) is 2.57. The van der Waals surface area contributed by atoms with Gasteiger partial charge in [0.25, 0.3) is 11.5 Å². The van der Waals surface area contributed by atoms with E-state index in [1.807, 2.05) is 5.10 Å². The largest absolute Gasteiger partial charge is 0.365 e. The fourth-order valence-electron chi connectivity index (χ4n) is 1.45. The Hall–Kier alpha value is -2.23. The molecule has 0 saturated carbocycles. The molecule has 10 heteroatoms. The maximum Gasteiger partial charge on any atom is 0.277 e. The van der Waals surface area contributed by atoms with Crippen LogP contribution in [-0.2, 0) is 9.84 Å². The van der Waals surface area contributed by atoms with Crippen LogP contribution in [0.25, 0.3) is 11.0 Å². The highest BCUT2D eigenvalue weighted by atomic mass is 32.2. The van der Waals surface area contributed by atoms with Crippen LogP contribution in [0.2, 0.25) is 0 Å². The fourth-order valence-corrected chi connectivity index (χ4v) is 2.31. The van der Waals surface area contributed by atoms with Crippen molar-refractivity contribution >= 4 is 26.8 Å². The molecule has 0 aliphatic heterocycles. The third-order valence-corrected chi connectivity index (χ3v) is 3.14. The van der Waals surface area contributed by atoms with E-state index >= 15 is 0 Å². The highest BCUT2D eigenvalue weighted by molar-refractivity contribution is 7.90. The van der Waals surface area contributed by atoms with Crippen LogP contribution in [0.1, 0.15) is 10.4 Å². The Morgan fingerprint density at radius 2 is 2.06 bits per heavy atom. The summed E-state index contributed by atoms with van der Waals surface area (Å²) in [5.41, 5.74) is 3.81. The Labute approximate surface area is 93.9 Å². The number of primary amides is 1. The number of hydrogen-bond donors (Lipinski definition) is 3. The third-order valence-electron chi connectivity index (χ3n) is 2.09. The zero-order valence-corrected chi connectivity index (χ0v) is 9.33. The van der Waals surface area contributed by atoms with E-state index in [0.29, 0.717) is 0 Å². The highest BCUT2D eigenvalue weighted by Crippen LogP contribution is 2.20. The molecule has 0 atom stereocenters. The van der Waals surface area contributed by atoms with Crippen LogP contribution in [0.5, 0.6) is 0 Å². The molecule has 0 bridgehead atoms. The van der Waals surface area contributed by atoms with E-state index in [1.54, 1.807) is 0 Å². The lowest BCUT2D eigenvalue weighted by molar-refractivity contribution is 0.0998. The summed E-state index contributed by atoms with van der Waals surface area (Å²) in [7, 11) is -3.73. The van der Waals surface area contributed by atoms with Crippen LogP contribution in [-0.4, -0.2) is 41.0 Å². The number of H-pyrrole nitrogens is 2. The summed E-state index contributed by atoms with van der Waals surface area (Å²) in [4.78, 5) is 25.0. The number of sulfone groups is 1. The van der Waals surface area contributed by atoms with Gasteiger partial charge in [0.15, 0.2) is 15.5 Å². The molecule has 0 radical (unpaired) electrons. The highest BCUT2D eigenvalue weighted by Gasteiger charge is 2.25. The van der Waals surface area contributed by atoms with Crippen molar-refractivity contribution in [1.29, 1.82) is 0 Å². The number of amides is 1. The van der Waals surface area contributed by atoms with Crippen molar-refractivity contribution < 1.29 is 13.2 Å². The van der Waals surface area contributed by atoms with Crippen molar-refractivity contribution in [3.05, 3.63) is 15.9 Å². The van der Waals surface area contributed by atoms with Gasteiger partial charge in [0, 0.05) is 6.26 Å². The molecular weight excluding hydrogens is 250 g/mol. The maximum absolute atomic E-state index is 11.5. The molecule has 9 nitrogen and oxygen atoms in total. The molecule has 4 N–H and O–H groups in total. The van der Waals surface area contributed by atoms with E-state index in [-0.39, 0.29) is 11.0 Å². The quantitative estimate of drug-likeness (QED) is 0.574. The minimum Gasteiger partial charge on any atom is -0.365 e.